The molecule has 0 radical (unpaired) electrons. The Hall–Kier alpha value is -1.14. The second-order valence-electron chi connectivity index (χ2n) is 3.97. The highest BCUT2D eigenvalue weighted by atomic mass is 15.1. The van der Waals surface area contributed by atoms with Crippen LogP contribution in [0.15, 0.2) is 30.8 Å². The minimum Gasteiger partial charge on any atom is -0.370 e. The Morgan fingerprint density at radius 1 is 1.46 bits per heavy atom. The molecule has 0 bridgehead atoms. The van der Waals surface area contributed by atoms with Crippen LogP contribution in [-0.4, -0.2) is 11.6 Å². The van der Waals surface area contributed by atoms with Crippen molar-refractivity contribution in [3.05, 3.63) is 30.8 Å². The van der Waals surface area contributed by atoms with Crippen LogP contribution >= 0.6 is 0 Å². The van der Waals surface area contributed by atoms with E-state index in [2.05, 4.69) is 43.4 Å². The van der Waals surface area contributed by atoms with Gasteiger partial charge in [-0.2, -0.15) is 0 Å². The maximum atomic E-state index is 3.87. The quantitative estimate of drug-likeness (QED) is 0.634. The molecule has 2 N–H and O–H groups in total. The van der Waals surface area contributed by atoms with Gasteiger partial charge in [-0.3, -0.25) is 0 Å². The lowest BCUT2D eigenvalue weighted by Crippen LogP contribution is -2.42. The van der Waals surface area contributed by atoms with Crippen LogP contribution in [0.3, 0.4) is 0 Å². The average Bonchev–Trinajstić information content (AvgIpc) is 1.81. The van der Waals surface area contributed by atoms with Crippen molar-refractivity contribution in [3.63, 3.8) is 0 Å². The molecule has 0 aliphatic carbocycles. The Balaban J connectivity index is 4.11. The second-order valence-corrected chi connectivity index (χ2v) is 3.97. The first-order valence-corrected chi connectivity index (χ1v) is 4.48. The molecule has 0 aliphatic heterocycles. The van der Waals surface area contributed by atoms with Gasteiger partial charge in [0.05, 0.1) is 11.4 Å². The Labute approximate surface area is 81.4 Å². The molecule has 0 aromatic carbocycles. The lowest BCUT2D eigenvalue weighted by molar-refractivity contribution is 0.489. The van der Waals surface area contributed by atoms with E-state index in [0.29, 0.717) is 6.04 Å². The first kappa shape index (κ1) is 11.9. The van der Waals surface area contributed by atoms with Gasteiger partial charge in [0.15, 0.2) is 0 Å². The third-order valence-electron chi connectivity index (χ3n) is 1.40. The van der Waals surface area contributed by atoms with Gasteiger partial charge in [-0.1, -0.05) is 13.2 Å². The van der Waals surface area contributed by atoms with Crippen LogP contribution < -0.4 is 10.6 Å². The average molecular weight is 180 g/mol. The van der Waals surface area contributed by atoms with Crippen LogP contribution in [0, 0.1) is 0 Å². The fraction of sp³-hybridized carbons (Fsp3) is 0.545. The van der Waals surface area contributed by atoms with E-state index in [0.717, 1.165) is 5.82 Å². The molecule has 0 atom stereocenters. The Morgan fingerprint density at radius 2 is 2.00 bits per heavy atom. The lowest BCUT2D eigenvalue weighted by Gasteiger charge is -2.26. The van der Waals surface area contributed by atoms with Crippen molar-refractivity contribution >= 4 is 0 Å². The molecule has 0 rings (SSSR count). The molecule has 0 fully saturated rings. The molecule has 0 unspecified atom stereocenters. The summed E-state index contributed by atoms with van der Waals surface area (Å²) in [6.07, 6.45) is 1.88. The van der Waals surface area contributed by atoms with Crippen LogP contribution in [0.5, 0.6) is 0 Å². The molecular formula is C11H20N2. The normalized spacial score (nSPS) is 10.5. The van der Waals surface area contributed by atoms with Crippen LogP contribution in [0.1, 0.15) is 27.7 Å². The summed E-state index contributed by atoms with van der Waals surface area (Å²) in [5.41, 5.74) is 2.61. The summed E-state index contributed by atoms with van der Waals surface area (Å²) in [6.45, 7) is 15.6. The molecule has 0 aromatic rings. The Bertz CT molecular complexity index is 220. The molecule has 0 heterocycles. The molecule has 0 saturated heterocycles. The van der Waals surface area contributed by atoms with Gasteiger partial charge in [0.1, 0.15) is 0 Å². The van der Waals surface area contributed by atoms with Crippen molar-refractivity contribution in [1.29, 1.82) is 0 Å². The van der Waals surface area contributed by atoms with Gasteiger partial charge in [-0.05, 0) is 33.8 Å². The van der Waals surface area contributed by atoms with Gasteiger partial charge in [0.2, 0.25) is 0 Å². The molecule has 2 nitrogen and oxygen atoms in total. The molecule has 0 amide bonds. The smallest absolute Gasteiger partial charge is 0.0921 e. The molecule has 0 aliphatic rings. The molecular weight excluding hydrogens is 160 g/mol. The summed E-state index contributed by atoms with van der Waals surface area (Å²) >= 11 is 0. The summed E-state index contributed by atoms with van der Waals surface area (Å²) < 4.78 is 0. The zero-order valence-corrected chi connectivity index (χ0v) is 9.07. The third kappa shape index (κ3) is 6.06. The Kier molecular flexibility index (Phi) is 4.36. The van der Waals surface area contributed by atoms with E-state index in [1.54, 1.807) is 0 Å². The monoisotopic (exact) mass is 180 g/mol. The fourth-order valence-electron chi connectivity index (χ4n) is 1.06. The van der Waals surface area contributed by atoms with E-state index < -0.39 is 0 Å². The highest BCUT2D eigenvalue weighted by molar-refractivity contribution is 5.06. The number of hydrogen-bond acceptors (Lipinski definition) is 2. The minimum absolute atomic E-state index is 0.152. The topological polar surface area (TPSA) is 24.1 Å². The summed E-state index contributed by atoms with van der Waals surface area (Å²) in [6, 6.07) is 0.392. The SMILES string of the molecule is C=C=CC(C)(C)NC(=C)NC(C)C. The fourth-order valence-corrected chi connectivity index (χ4v) is 1.06. The standard InChI is InChI=1S/C11H20N2/c1-7-8-11(5,6)13-10(4)12-9(2)3/h8-9,12-13H,1,4H2,2-3,5-6H3. The Morgan fingerprint density at radius 3 is 2.38 bits per heavy atom. The number of rotatable bonds is 5. The van der Waals surface area contributed by atoms with Crippen LogP contribution in [0.2, 0.25) is 0 Å². The zero-order valence-electron chi connectivity index (χ0n) is 9.07. The molecule has 74 valence electrons. The van der Waals surface area contributed by atoms with E-state index in [4.69, 9.17) is 0 Å². The van der Waals surface area contributed by atoms with Gasteiger partial charge in [-0.25, -0.2) is 0 Å². The highest BCUT2D eigenvalue weighted by Crippen LogP contribution is 2.04. The van der Waals surface area contributed by atoms with E-state index in [1.165, 1.54) is 0 Å². The molecule has 0 saturated carbocycles. The van der Waals surface area contributed by atoms with Crippen molar-refractivity contribution in [1.82, 2.24) is 10.6 Å². The summed E-state index contributed by atoms with van der Waals surface area (Å²) in [7, 11) is 0. The van der Waals surface area contributed by atoms with Crippen molar-refractivity contribution < 1.29 is 0 Å². The molecule has 2 heteroatoms. The van der Waals surface area contributed by atoms with Crippen LogP contribution in [0.4, 0.5) is 0 Å². The van der Waals surface area contributed by atoms with Gasteiger partial charge in [0, 0.05) is 6.04 Å². The molecule has 13 heavy (non-hydrogen) atoms. The van der Waals surface area contributed by atoms with Crippen LogP contribution in [-0.2, 0) is 0 Å². The summed E-state index contributed by atoms with van der Waals surface area (Å²) in [5.74, 6) is 0.825. The van der Waals surface area contributed by atoms with Crippen molar-refractivity contribution in [2.24, 2.45) is 0 Å². The predicted molar refractivity (Wildman–Crippen MR) is 58.3 cm³/mol. The molecule has 0 spiro atoms. The van der Waals surface area contributed by atoms with E-state index in [-0.39, 0.29) is 5.54 Å². The van der Waals surface area contributed by atoms with E-state index in [1.807, 2.05) is 19.9 Å². The van der Waals surface area contributed by atoms with Gasteiger partial charge in [0.25, 0.3) is 0 Å². The van der Waals surface area contributed by atoms with Crippen molar-refractivity contribution in [3.8, 4) is 0 Å². The lowest BCUT2D eigenvalue weighted by atomic mass is 10.1. The van der Waals surface area contributed by atoms with Crippen LogP contribution in [0.25, 0.3) is 0 Å². The third-order valence-corrected chi connectivity index (χ3v) is 1.40. The predicted octanol–water partition coefficient (Wildman–Crippen LogP) is 2.16. The maximum absolute atomic E-state index is 3.87. The number of nitrogens with one attached hydrogen (secondary N) is 2. The molecule has 0 aromatic heterocycles. The summed E-state index contributed by atoms with van der Waals surface area (Å²) in [4.78, 5) is 0. The van der Waals surface area contributed by atoms with Gasteiger partial charge in [-0.15, -0.1) is 5.73 Å². The first-order chi connectivity index (χ1) is 5.87. The maximum Gasteiger partial charge on any atom is 0.0921 e. The summed E-state index contributed by atoms with van der Waals surface area (Å²) in [5, 5.41) is 6.41. The zero-order chi connectivity index (χ0) is 10.5. The van der Waals surface area contributed by atoms with Gasteiger partial charge < -0.3 is 10.6 Å². The van der Waals surface area contributed by atoms with E-state index in [9.17, 15) is 0 Å². The minimum atomic E-state index is -0.152. The van der Waals surface area contributed by atoms with E-state index >= 15 is 0 Å². The van der Waals surface area contributed by atoms with Gasteiger partial charge >= 0.3 is 0 Å². The number of hydrogen-bond donors (Lipinski definition) is 2. The van der Waals surface area contributed by atoms with Crippen molar-refractivity contribution in [2.75, 3.05) is 0 Å². The second kappa shape index (κ2) is 4.78. The largest absolute Gasteiger partial charge is 0.370 e. The van der Waals surface area contributed by atoms with Crippen molar-refractivity contribution in [2.45, 2.75) is 39.3 Å². The highest BCUT2D eigenvalue weighted by Gasteiger charge is 2.13. The first-order valence-electron chi connectivity index (χ1n) is 4.48.